The van der Waals surface area contributed by atoms with Crippen molar-refractivity contribution in [1.29, 1.82) is 0 Å². The van der Waals surface area contributed by atoms with Crippen LogP contribution >= 0.6 is 0 Å². The third-order valence-electron chi connectivity index (χ3n) is 5.16. The summed E-state index contributed by atoms with van der Waals surface area (Å²) in [6.45, 7) is 0. The van der Waals surface area contributed by atoms with Gasteiger partial charge in [-0.1, -0.05) is 0 Å². The van der Waals surface area contributed by atoms with Gasteiger partial charge in [-0.3, -0.25) is 0 Å². The lowest BCUT2D eigenvalue weighted by Gasteiger charge is -2.11. The molecule has 0 bridgehead atoms. The normalized spacial score (nSPS) is 10.1. The molecule has 0 saturated carbocycles. The number of rotatable bonds is 8. The topological polar surface area (TPSA) is 298 Å². The van der Waals surface area contributed by atoms with Gasteiger partial charge in [-0.05, 0) is 36.4 Å². The van der Waals surface area contributed by atoms with Gasteiger partial charge in [0, 0.05) is 10.8 Å². The van der Waals surface area contributed by atoms with Crippen molar-refractivity contribution in [2.75, 3.05) is 0 Å². The highest BCUT2D eigenvalue weighted by molar-refractivity contribution is 6.21. The van der Waals surface area contributed by atoms with E-state index in [9.17, 15) is 38.4 Å². The van der Waals surface area contributed by atoms with Gasteiger partial charge in [0.25, 0.3) is 0 Å². The smallest absolute Gasteiger partial charge is 0.336 e. The van der Waals surface area contributed by atoms with Gasteiger partial charge in [0.05, 0.1) is 44.5 Å². The monoisotopic (exact) mass is 558 g/mol. The van der Waals surface area contributed by atoms with E-state index in [4.69, 9.17) is 40.9 Å². The van der Waals surface area contributed by atoms with Gasteiger partial charge < -0.3 is 40.9 Å². The number of carboxylic acids is 8. The molecule has 3 aromatic rings. The van der Waals surface area contributed by atoms with Gasteiger partial charge >= 0.3 is 47.8 Å². The molecule has 0 heterocycles. The first-order chi connectivity index (χ1) is 18.5. The lowest BCUT2D eigenvalue weighted by Crippen LogP contribution is -2.15. The average Bonchev–Trinajstić information content (AvgIpc) is 2.85. The average molecular weight is 558 g/mol. The second-order valence-corrected chi connectivity index (χ2v) is 7.46. The minimum absolute atomic E-state index is 0.431. The first kappa shape index (κ1) is 29.9. The van der Waals surface area contributed by atoms with E-state index in [0.29, 0.717) is 12.1 Å². The highest BCUT2D eigenvalue weighted by atomic mass is 16.4. The molecule has 3 aromatic carbocycles. The van der Waals surface area contributed by atoms with Crippen molar-refractivity contribution in [2.45, 2.75) is 0 Å². The summed E-state index contributed by atoms with van der Waals surface area (Å²) in [6.07, 6.45) is 0. The number of carbonyl (C=O) groups is 8. The summed E-state index contributed by atoms with van der Waals surface area (Å²) >= 11 is 0. The molecule has 40 heavy (non-hydrogen) atoms. The van der Waals surface area contributed by atoms with Gasteiger partial charge in [0.2, 0.25) is 0 Å². The van der Waals surface area contributed by atoms with E-state index >= 15 is 0 Å². The van der Waals surface area contributed by atoms with Crippen molar-refractivity contribution < 1.29 is 79.2 Å². The summed E-state index contributed by atoms with van der Waals surface area (Å²) in [5, 5.41) is 70.8. The molecular weight excluding hydrogens is 544 g/mol. The van der Waals surface area contributed by atoms with E-state index in [0.717, 1.165) is 24.3 Å². The molecule has 0 fully saturated rings. The fourth-order valence-electron chi connectivity index (χ4n) is 3.52. The van der Waals surface area contributed by atoms with Crippen LogP contribution in [0.2, 0.25) is 0 Å². The predicted octanol–water partition coefficient (Wildman–Crippen LogP) is 2.11. The first-order valence-corrected chi connectivity index (χ1v) is 10.1. The summed E-state index contributed by atoms with van der Waals surface area (Å²) in [6, 6.07) is 4.77. The Morgan fingerprint density at radius 2 is 0.450 bits per heavy atom. The molecule has 0 saturated heterocycles. The Bertz CT molecular complexity index is 1430. The van der Waals surface area contributed by atoms with Gasteiger partial charge in [-0.2, -0.15) is 0 Å². The summed E-state index contributed by atoms with van der Waals surface area (Å²) in [5.74, 6) is -12.6. The lowest BCUT2D eigenvalue weighted by molar-refractivity contribution is 0.0637. The first-order valence-electron chi connectivity index (χ1n) is 10.1. The Morgan fingerprint density at radius 1 is 0.300 bits per heavy atom. The molecule has 0 aliphatic rings. The van der Waals surface area contributed by atoms with Crippen LogP contribution in [0.5, 0.6) is 0 Å². The molecule has 206 valence electrons. The molecule has 0 aliphatic heterocycles. The van der Waals surface area contributed by atoms with E-state index < -0.39 is 103 Å². The van der Waals surface area contributed by atoms with Crippen molar-refractivity contribution in [2.24, 2.45) is 0 Å². The Labute approximate surface area is 219 Å². The number of fused-ring (bicyclic) bond motifs is 1. The van der Waals surface area contributed by atoms with Crippen molar-refractivity contribution >= 4 is 58.5 Å². The fourth-order valence-corrected chi connectivity index (χ4v) is 3.52. The van der Waals surface area contributed by atoms with Crippen LogP contribution in [0.4, 0.5) is 0 Å². The second kappa shape index (κ2) is 11.4. The molecular formula is C24H14O16. The van der Waals surface area contributed by atoms with Crippen molar-refractivity contribution in [1.82, 2.24) is 0 Å². The zero-order chi connectivity index (χ0) is 30.6. The number of carboxylic acid groups (broad SMARTS) is 8. The largest absolute Gasteiger partial charge is 0.478 e. The molecule has 0 spiro atoms. The third-order valence-corrected chi connectivity index (χ3v) is 5.16. The molecule has 0 radical (unpaired) electrons. The van der Waals surface area contributed by atoms with Crippen LogP contribution in [0.1, 0.15) is 82.9 Å². The Morgan fingerprint density at radius 3 is 0.575 bits per heavy atom. The predicted molar refractivity (Wildman–Crippen MR) is 126 cm³/mol. The molecule has 16 nitrogen and oxygen atoms in total. The summed E-state index contributed by atoms with van der Waals surface area (Å²) in [7, 11) is 0. The summed E-state index contributed by atoms with van der Waals surface area (Å²) in [4.78, 5) is 88.2. The summed E-state index contributed by atoms with van der Waals surface area (Å²) < 4.78 is 0. The van der Waals surface area contributed by atoms with E-state index in [2.05, 4.69) is 0 Å². The Balaban J connectivity index is 0.000000286. The molecule has 3 rings (SSSR count). The molecule has 16 heteroatoms. The SMILES string of the molecule is O=C(O)c1cc(C(=O)O)c(C(=O)O)cc1C(=O)O.O=C(O)c1ccc(C(=O)O)c2c(C(=O)O)ccc(C(=O)O)c12. The van der Waals surface area contributed by atoms with Crippen LogP contribution in [0.15, 0.2) is 36.4 Å². The zero-order valence-corrected chi connectivity index (χ0v) is 19.3. The highest BCUT2D eigenvalue weighted by Gasteiger charge is 2.26. The van der Waals surface area contributed by atoms with Gasteiger partial charge in [0.1, 0.15) is 0 Å². The van der Waals surface area contributed by atoms with Crippen LogP contribution in [0.3, 0.4) is 0 Å². The maximum absolute atomic E-state index is 11.3. The van der Waals surface area contributed by atoms with Gasteiger partial charge in [-0.25, -0.2) is 38.4 Å². The van der Waals surface area contributed by atoms with E-state index in [1.807, 2.05) is 0 Å². The van der Waals surface area contributed by atoms with Crippen LogP contribution in [0, 0.1) is 0 Å². The Hall–Kier alpha value is -6.32. The van der Waals surface area contributed by atoms with Crippen LogP contribution in [0.25, 0.3) is 10.8 Å². The minimum Gasteiger partial charge on any atom is -0.478 e. The molecule has 0 aliphatic carbocycles. The molecule has 0 unspecified atom stereocenters. The molecule has 8 N–H and O–H groups in total. The lowest BCUT2D eigenvalue weighted by atomic mass is 9.91. The maximum atomic E-state index is 11.3. The maximum Gasteiger partial charge on any atom is 0.336 e. The molecule has 0 aromatic heterocycles. The number of hydrogen-bond acceptors (Lipinski definition) is 8. The summed E-state index contributed by atoms with van der Waals surface area (Å²) in [5.41, 5.74) is -5.09. The quantitative estimate of drug-likeness (QED) is 0.196. The van der Waals surface area contributed by atoms with Crippen LogP contribution in [-0.4, -0.2) is 88.6 Å². The van der Waals surface area contributed by atoms with Gasteiger partial charge in [0.15, 0.2) is 0 Å². The van der Waals surface area contributed by atoms with Crippen molar-refractivity contribution in [3.05, 3.63) is 80.9 Å². The number of benzene rings is 3. The second-order valence-electron chi connectivity index (χ2n) is 7.46. The molecule has 0 amide bonds. The van der Waals surface area contributed by atoms with Gasteiger partial charge in [-0.15, -0.1) is 0 Å². The van der Waals surface area contributed by atoms with Crippen LogP contribution < -0.4 is 0 Å². The zero-order valence-electron chi connectivity index (χ0n) is 19.3. The standard InChI is InChI=1S/C14H8O8.C10H6O8/c15-11(16)5-1-2-6(12(17)18)10-8(14(21)22)4-3-7(9(5)10)13(19)20;11-7(12)3-1-4(8(13)14)6(10(17)18)2-5(3)9(15)16/h1-4H,(H,15,16)(H,17,18)(H,19,20)(H,21,22);1-2H,(H,11,12)(H,13,14)(H,15,16)(H,17,18). The van der Waals surface area contributed by atoms with Crippen molar-refractivity contribution in [3.8, 4) is 0 Å². The van der Waals surface area contributed by atoms with E-state index in [1.54, 1.807) is 0 Å². The Kier molecular flexibility index (Phi) is 8.51. The van der Waals surface area contributed by atoms with Crippen LogP contribution in [-0.2, 0) is 0 Å². The van der Waals surface area contributed by atoms with E-state index in [-0.39, 0.29) is 0 Å². The fraction of sp³-hybridized carbons (Fsp3) is 0. The minimum atomic E-state index is -1.66. The van der Waals surface area contributed by atoms with E-state index in [1.165, 1.54) is 0 Å². The molecule has 0 atom stereocenters. The van der Waals surface area contributed by atoms with Crippen molar-refractivity contribution in [3.63, 3.8) is 0 Å². The number of aromatic carboxylic acids is 8. The third kappa shape index (κ3) is 5.80. The number of hydrogen-bond donors (Lipinski definition) is 8. The highest BCUT2D eigenvalue weighted by Crippen LogP contribution is 2.30.